The van der Waals surface area contributed by atoms with Crippen LogP contribution in [0.25, 0.3) is 11.1 Å². The van der Waals surface area contributed by atoms with Gasteiger partial charge in [-0.2, -0.15) is 15.0 Å². The molecule has 0 saturated carbocycles. The van der Waals surface area contributed by atoms with Crippen LogP contribution in [0.3, 0.4) is 0 Å². The van der Waals surface area contributed by atoms with Gasteiger partial charge in [0.1, 0.15) is 6.61 Å². The highest BCUT2D eigenvalue weighted by atomic mass is 16.5. The second-order valence-corrected chi connectivity index (χ2v) is 7.64. The minimum Gasteiger partial charge on any atom is -0.475 e. The van der Waals surface area contributed by atoms with Crippen LogP contribution in [0.1, 0.15) is 27.7 Å². The van der Waals surface area contributed by atoms with E-state index in [2.05, 4.69) is 32.4 Å². The number of anilines is 2. The summed E-state index contributed by atoms with van der Waals surface area (Å²) in [6.45, 7) is 2.08. The molecule has 2 heterocycles. The van der Waals surface area contributed by atoms with Crippen molar-refractivity contribution in [3.63, 3.8) is 0 Å². The number of amides is 1. The second kappa shape index (κ2) is 8.83. The van der Waals surface area contributed by atoms with E-state index in [0.717, 1.165) is 22.3 Å². The lowest BCUT2D eigenvalue weighted by Crippen LogP contribution is -2.38. The fraction of sp³-hybridized carbons (Fsp3) is 0.261. The van der Waals surface area contributed by atoms with Gasteiger partial charge in [0.25, 0.3) is 0 Å². The van der Waals surface area contributed by atoms with Crippen LogP contribution in [-0.2, 0) is 9.47 Å². The molecule has 10 heteroatoms. The van der Waals surface area contributed by atoms with Gasteiger partial charge in [-0.3, -0.25) is 5.32 Å². The number of hydrogen-bond acceptors (Lipinski definition) is 8. The average molecular weight is 447 g/mol. The normalized spacial score (nSPS) is 15.0. The summed E-state index contributed by atoms with van der Waals surface area (Å²) in [5, 5.41) is 11.8. The molecule has 1 aliphatic carbocycles. The van der Waals surface area contributed by atoms with Gasteiger partial charge in [-0.25, -0.2) is 9.59 Å². The summed E-state index contributed by atoms with van der Waals surface area (Å²) in [5.41, 5.74) is 4.44. The van der Waals surface area contributed by atoms with Crippen molar-refractivity contribution in [2.45, 2.75) is 5.92 Å². The zero-order valence-electron chi connectivity index (χ0n) is 17.6. The zero-order chi connectivity index (χ0) is 22.8. The molecular formula is C23H21N5O5. The molecule has 0 atom stereocenters. The summed E-state index contributed by atoms with van der Waals surface area (Å²) in [7, 11) is 0. The van der Waals surface area contributed by atoms with E-state index < -0.39 is 17.9 Å². The van der Waals surface area contributed by atoms with Gasteiger partial charge in [0, 0.05) is 19.0 Å². The molecule has 0 bridgehead atoms. The van der Waals surface area contributed by atoms with E-state index in [1.54, 1.807) is 4.90 Å². The number of rotatable bonds is 5. The van der Waals surface area contributed by atoms with Crippen LogP contribution in [0.4, 0.5) is 16.7 Å². The van der Waals surface area contributed by atoms with Crippen molar-refractivity contribution in [3.8, 4) is 11.1 Å². The first kappa shape index (κ1) is 20.8. The Kier molecular flexibility index (Phi) is 5.57. The molecule has 2 N–H and O–H groups in total. The average Bonchev–Trinajstić information content (AvgIpc) is 3.17. The van der Waals surface area contributed by atoms with Crippen molar-refractivity contribution in [3.05, 3.63) is 65.5 Å². The summed E-state index contributed by atoms with van der Waals surface area (Å²) in [6, 6.07) is 16.1. The van der Waals surface area contributed by atoms with Gasteiger partial charge in [-0.05, 0) is 22.3 Å². The number of benzene rings is 2. The number of carboxylic acid groups (broad SMARTS) is 1. The van der Waals surface area contributed by atoms with E-state index in [-0.39, 0.29) is 24.4 Å². The van der Waals surface area contributed by atoms with Crippen molar-refractivity contribution >= 4 is 24.0 Å². The van der Waals surface area contributed by atoms with Crippen molar-refractivity contribution in [2.75, 3.05) is 43.1 Å². The standard InChI is InChI=1S/C23H21N5O5/c29-20(30)19-24-21(26-22(25-19)28-9-11-32-12-10-28)27-23(31)33-13-18-16-7-3-1-5-14(16)15-6-2-4-8-17(15)18/h1-8,18H,9-13H2,(H,29,30)(H,24,25,26,27,31). The lowest BCUT2D eigenvalue weighted by atomic mass is 9.98. The van der Waals surface area contributed by atoms with Crippen LogP contribution >= 0.6 is 0 Å². The number of aromatic carboxylic acids is 1. The van der Waals surface area contributed by atoms with E-state index in [1.165, 1.54) is 0 Å². The smallest absolute Gasteiger partial charge is 0.414 e. The monoisotopic (exact) mass is 447 g/mol. The quantitative estimate of drug-likeness (QED) is 0.607. The van der Waals surface area contributed by atoms with Gasteiger partial charge in [0.15, 0.2) is 0 Å². The number of nitrogens with zero attached hydrogens (tertiary/aromatic N) is 4. The van der Waals surface area contributed by atoms with Crippen molar-refractivity contribution in [1.82, 2.24) is 15.0 Å². The molecule has 10 nitrogen and oxygen atoms in total. The number of nitrogens with one attached hydrogen (secondary N) is 1. The molecule has 1 fully saturated rings. The molecule has 2 aromatic carbocycles. The molecule has 1 amide bonds. The Hall–Kier alpha value is -4.05. The topological polar surface area (TPSA) is 127 Å². The first-order valence-electron chi connectivity index (χ1n) is 10.5. The third-order valence-corrected chi connectivity index (χ3v) is 5.67. The number of carbonyl (C=O) groups is 2. The first-order chi connectivity index (χ1) is 16.1. The van der Waals surface area contributed by atoms with Gasteiger partial charge in [0.2, 0.25) is 17.7 Å². The van der Waals surface area contributed by atoms with Crippen LogP contribution in [0, 0.1) is 0 Å². The number of aromatic nitrogens is 3. The maximum Gasteiger partial charge on any atom is 0.414 e. The fourth-order valence-corrected chi connectivity index (χ4v) is 4.15. The molecule has 3 aromatic rings. The van der Waals surface area contributed by atoms with Crippen LogP contribution in [0.15, 0.2) is 48.5 Å². The highest BCUT2D eigenvalue weighted by Crippen LogP contribution is 2.44. The highest BCUT2D eigenvalue weighted by Gasteiger charge is 2.29. The van der Waals surface area contributed by atoms with E-state index >= 15 is 0 Å². The van der Waals surface area contributed by atoms with Crippen LogP contribution in [-0.4, -0.2) is 65.0 Å². The van der Waals surface area contributed by atoms with Crippen molar-refractivity contribution in [1.29, 1.82) is 0 Å². The Morgan fingerprint density at radius 3 is 2.27 bits per heavy atom. The molecular weight excluding hydrogens is 426 g/mol. The van der Waals surface area contributed by atoms with Gasteiger partial charge in [-0.1, -0.05) is 48.5 Å². The van der Waals surface area contributed by atoms with Gasteiger partial charge < -0.3 is 19.5 Å². The SMILES string of the molecule is O=C(Nc1nc(C(=O)O)nc(N2CCOCC2)n1)OCC1c2ccccc2-c2ccccc21. The highest BCUT2D eigenvalue weighted by molar-refractivity contribution is 5.86. The molecule has 0 unspecified atom stereocenters. The lowest BCUT2D eigenvalue weighted by Gasteiger charge is -2.26. The Bertz CT molecular complexity index is 1170. The third kappa shape index (κ3) is 4.20. The summed E-state index contributed by atoms with van der Waals surface area (Å²) in [6.07, 6.45) is -0.771. The first-order valence-corrected chi connectivity index (χ1v) is 10.5. The number of carbonyl (C=O) groups excluding carboxylic acids is 1. The molecule has 0 spiro atoms. The molecule has 1 saturated heterocycles. The maximum atomic E-state index is 12.5. The minimum atomic E-state index is -1.32. The predicted molar refractivity (Wildman–Crippen MR) is 119 cm³/mol. The number of hydrogen-bond donors (Lipinski definition) is 2. The molecule has 33 heavy (non-hydrogen) atoms. The van der Waals surface area contributed by atoms with Crippen LogP contribution in [0.5, 0.6) is 0 Å². The minimum absolute atomic E-state index is 0.0972. The van der Waals surface area contributed by atoms with E-state index in [1.807, 2.05) is 36.4 Å². The zero-order valence-corrected chi connectivity index (χ0v) is 17.6. The molecule has 2 aliphatic rings. The predicted octanol–water partition coefficient (Wildman–Crippen LogP) is 2.77. The van der Waals surface area contributed by atoms with Gasteiger partial charge >= 0.3 is 12.1 Å². The van der Waals surface area contributed by atoms with Gasteiger partial charge in [0.05, 0.1) is 13.2 Å². The molecule has 0 radical (unpaired) electrons. The van der Waals surface area contributed by atoms with Crippen LogP contribution < -0.4 is 10.2 Å². The Balaban J connectivity index is 1.32. The van der Waals surface area contributed by atoms with Crippen molar-refractivity contribution in [2.24, 2.45) is 0 Å². The number of fused-ring (bicyclic) bond motifs is 3. The maximum absolute atomic E-state index is 12.5. The Labute approximate surface area is 189 Å². The summed E-state index contributed by atoms with van der Waals surface area (Å²) >= 11 is 0. The molecule has 5 rings (SSSR count). The third-order valence-electron chi connectivity index (χ3n) is 5.67. The van der Waals surface area contributed by atoms with Crippen LogP contribution in [0.2, 0.25) is 0 Å². The molecule has 1 aromatic heterocycles. The Morgan fingerprint density at radius 2 is 1.64 bits per heavy atom. The van der Waals surface area contributed by atoms with E-state index in [0.29, 0.717) is 26.3 Å². The van der Waals surface area contributed by atoms with E-state index in [4.69, 9.17) is 9.47 Å². The second-order valence-electron chi connectivity index (χ2n) is 7.64. The van der Waals surface area contributed by atoms with Gasteiger partial charge in [-0.15, -0.1) is 0 Å². The Morgan fingerprint density at radius 1 is 1.00 bits per heavy atom. The molecule has 1 aliphatic heterocycles. The molecule has 168 valence electrons. The summed E-state index contributed by atoms with van der Waals surface area (Å²) < 4.78 is 10.8. The lowest BCUT2D eigenvalue weighted by molar-refractivity contribution is 0.0683. The van der Waals surface area contributed by atoms with E-state index in [9.17, 15) is 14.7 Å². The fourth-order valence-electron chi connectivity index (χ4n) is 4.15. The number of ether oxygens (including phenoxy) is 2. The number of carboxylic acids is 1. The number of morpholine rings is 1. The largest absolute Gasteiger partial charge is 0.475 e. The summed E-state index contributed by atoms with van der Waals surface area (Å²) in [4.78, 5) is 37.8. The van der Waals surface area contributed by atoms with Crippen molar-refractivity contribution < 1.29 is 24.2 Å². The summed E-state index contributed by atoms with van der Waals surface area (Å²) in [5.74, 6) is -1.89.